The molecule has 0 amide bonds. The van der Waals surface area contributed by atoms with Crippen LogP contribution in [0.1, 0.15) is 6.92 Å². The van der Waals surface area contributed by atoms with Gasteiger partial charge < -0.3 is 20.1 Å². The van der Waals surface area contributed by atoms with Crippen LogP contribution in [-0.4, -0.2) is 34.3 Å². The van der Waals surface area contributed by atoms with Crippen LogP contribution in [0.25, 0.3) is 0 Å². The molecule has 0 fully saturated rings. The highest BCUT2D eigenvalue weighted by Gasteiger charge is 2.22. The van der Waals surface area contributed by atoms with Crippen molar-refractivity contribution in [2.45, 2.75) is 19.1 Å². The molecule has 0 heterocycles. The minimum Gasteiger partial charge on any atom is -0.427 e. The van der Waals surface area contributed by atoms with Crippen LogP contribution in [0.3, 0.4) is 0 Å². The summed E-state index contributed by atoms with van der Waals surface area (Å²) in [6.07, 6.45) is -0.0162. The van der Waals surface area contributed by atoms with Crippen molar-refractivity contribution in [1.82, 2.24) is 0 Å². The fourth-order valence-corrected chi connectivity index (χ4v) is 0.454. The van der Waals surface area contributed by atoms with Gasteiger partial charge in [0.05, 0.1) is 0 Å². The lowest BCUT2D eigenvalue weighted by molar-refractivity contribution is 0.373. The fraction of sp³-hybridized carbons (Fsp3) is 1.00. The van der Waals surface area contributed by atoms with Crippen LogP contribution in [0.4, 0.5) is 0 Å². The Balaban J connectivity index is 3.38. The van der Waals surface area contributed by atoms with Crippen LogP contribution in [0.5, 0.6) is 0 Å². The molecular weight excluding hydrogens is 122 g/mol. The minimum absolute atomic E-state index is 0.0162. The van der Waals surface area contributed by atoms with Crippen molar-refractivity contribution in [2.24, 2.45) is 0 Å². The van der Waals surface area contributed by atoms with Crippen molar-refractivity contribution in [3.05, 3.63) is 0 Å². The summed E-state index contributed by atoms with van der Waals surface area (Å²) in [5, 5.41) is 33.4. The zero-order chi connectivity index (χ0) is 7.44. The zero-order valence-electron chi connectivity index (χ0n) is 5.23. The third kappa shape index (κ3) is 4.47. The van der Waals surface area contributed by atoms with E-state index in [4.69, 9.17) is 20.1 Å². The molecule has 0 rings (SSSR count). The third-order valence-electron chi connectivity index (χ3n) is 1.09. The van der Waals surface area contributed by atoms with Gasteiger partial charge in [0.15, 0.2) is 0 Å². The van der Waals surface area contributed by atoms with E-state index in [0.717, 1.165) is 0 Å². The molecule has 0 aliphatic heterocycles. The van der Waals surface area contributed by atoms with E-state index >= 15 is 0 Å². The average Bonchev–Trinajstić information content (AvgIpc) is 1.63. The molecule has 0 spiro atoms. The Morgan fingerprint density at radius 2 is 1.67 bits per heavy atom. The van der Waals surface area contributed by atoms with Crippen molar-refractivity contribution in [3.63, 3.8) is 0 Å². The predicted molar refractivity (Wildman–Crippen MR) is 34.6 cm³/mol. The highest BCUT2D eigenvalue weighted by atomic mass is 16.4. The molecule has 4 nitrogen and oxygen atoms in total. The lowest BCUT2D eigenvalue weighted by atomic mass is 9.63. The van der Waals surface area contributed by atoms with Crippen LogP contribution in [0.2, 0.25) is 12.1 Å². The Hall–Kier alpha value is -0.0301. The summed E-state index contributed by atoms with van der Waals surface area (Å²) < 4.78 is 0. The molecule has 6 heteroatoms. The standard InChI is InChI=1S/C3H10B2O4/c1-3(5(8)9)2-4(6)7/h3,6-9H,2H2,1H3. The van der Waals surface area contributed by atoms with Crippen molar-refractivity contribution < 1.29 is 20.1 Å². The molecule has 1 unspecified atom stereocenters. The number of hydrogen-bond donors (Lipinski definition) is 4. The van der Waals surface area contributed by atoms with E-state index in [1.807, 2.05) is 0 Å². The van der Waals surface area contributed by atoms with E-state index in [1.54, 1.807) is 0 Å². The van der Waals surface area contributed by atoms with Gasteiger partial charge in [-0.15, -0.1) is 0 Å². The molecule has 4 N–H and O–H groups in total. The molecule has 0 aliphatic rings. The van der Waals surface area contributed by atoms with Gasteiger partial charge in [-0.1, -0.05) is 6.92 Å². The maximum atomic E-state index is 8.40. The molecule has 52 valence electrons. The summed E-state index contributed by atoms with van der Waals surface area (Å²) in [7, 11) is -2.92. The minimum atomic E-state index is -1.47. The van der Waals surface area contributed by atoms with Crippen LogP contribution in [0, 0.1) is 0 Å². The number of hydrogen-bond acceptors (Lipinski definition) is 4. The van der Waals surface area contributed by atoms with Gasteiger partial charge >= 0.3 is 14.2 Å². The summed E-state index contributed by atoms with van der Waals surface area (Å²) in [5.41, 5.74) is 0. The van der Waals surface area contributed by atoms with Gasteiger partial charge in [0.25, 0.3) is 0 Å². The van der Waals surface area contributed by atoms with Crippen LogP contribution >= 0.6 is 0 Å². The van der Waals surface area contributed by atoms with Crippen molar-refractivity contribution >= 4 is 14.2 Å². The smallest absolute Gasteiger partial charge is 0.427 e. The van der Waals surface area contributed by atoms with E-state index in [1.165, 1.54) is 6.92 Å². The van der Waals surface area contributed by atoms with E-state index in [2.05, 4.69) is 0 Å². The molecule has 9 heavy (non-hydrogen) atoms. The van der Waals surface area contributed by atoms with Gasteiger partial charge in [-0.25, -0.2) is 0 Å². The highest BCUT2D eigenvalue weighted by Crippen LogP contribution is 2.11. The first-order valence-corrected chi connectivity index (χ1v) is 2.76. The molecule has 0 aromatic carbocycles. The molecular formula is C3H10B2O4. The maximum Gasteiger partial charge on any atom is 0.453 e. The molecule has 0 aromatic heterocycles. The molecule has 0 bridgehead atoms. The van der Waals surface area contributed by atoms with Gasteiger partial charge in [-0.3, -0.25) is 0 Å². The van der Waals surface area contributed by atoms with Crippen LogP contribution in [0.15, 0.2) is 0 Å². The Morgan fingerprint density at radius 3 is 1.78 bits per heavy atom. The third-order valence-corrected chi connectivity index (χ3v) is 1.09. The van der Waals surface area contributed by atoms with Crippen molar-refractivity contribution in [2.75, 3.05) is 0 Å². The first-order chi connectivity index (χ1) is 4.04. The van der Waals surface area contributed by atoms with Crippen molar-refractivity contribution in [3.8, 4) is 0 Å². The molecule has 0 saturated carbocycles. The second-order valence-electron chi connectivity index (χ2n) is 2.11. The first kappa shape index (κ1) is 8.97. The maximum absolute atomic E-state index is 8.40. The van der Waals surface area contributed by atoms with E-state index in [0.29, 0.717) is 0 Å². The largest absolute Gasteiger partial charge is 0.453 e. The molecule has 0 aliphatic carbocycles. The zero-order valence-corrected chi connectivity index (χ0v) is 5.23. The van der Waals surface area contributed by atoms with Gasteiger partial charge in [-0.05, 0) is 12.1 Å². The summed E-state index contributed by atoms with van der Waals surface area (Å²) in [5.74, 6) is -0.495. The second kappa shape index (κ2) is 3.90. The average molecular weight is 132 g/mol. The Bertz CT molecular complexity index is 76.2. The number of rotatable bonds is 3. The topological polar surface area (TPSA) is 80.9 Å². The molecule has 1 atom stereocenters. The lowest BCUT2D eigenvalue weighted by Crippen LogP contribution is -2.23. The van der Waals surface area contributed by atoms with Crippen LogP contribution < -0.4 is 0 Å². The Kier molecular flexibility index (Phi) is 3.88. The van der Waals surface area contributed by atoms with Gasteiger partial charge in [0.1, 0.15) is 0 Å². The molecule has 0 saturated heterocycles. The van der Waals surface area contributed by atoms with Crippen molar-refractivity contribution in [1.29, 1.82) is 0 Å². The summed E-state index contributed by atoms with van der Waals surface area (Å²) in [4.78, 5) is 0. The quantitative estimate of drug-likeness (QED) is 0.345. The normalized spacial score (nSPS) is 13.0. The van der Waals surface area contributed by atoms with Gasteiger partial charge in [0.2, 0.25) is 0 Å². The van der Waals surface area contributed by atoms with E-state index < -0.39 is 20.1 Å². The molecule has 0 radical (unpaired) electrons. The Labute approximate surface area is 54.4 Å². The second-order valence-corrected chi connectivity index (χ2v) is 2.11. The highest BCUT2D eigenvalue weighted by molar-refractivity contribution is 6.49. The lowest BCUT2D eigenvalue weighted by Gasteiger charge is -2.06. The van der Waals surface area contributed by atoms with Gasteiger partial charge in [-0.2, -0.15) is 0 Å². The molecule has 0 aromatic rings. The monoisotopic (exact) mass is 132 g/mol. The first-order valence-electron chi connectivity index (χ1n) is 2.76. The Morgan fingerprint density at radius 1 is 1.22 bits per heavy atom. The predicted octanol–water partition coefficient (Wildman–Crippen LogP) is -1.68. The van der Waals surface area contributed by atoms with E-state index in [9.17, 15) is 0 Å². The SMILES string of the molecule is CC(CB(O)O)B(O)O. The van der Waals surface area contributed by atoms with E-state index in [-0.39, 0.29) is 6.32 Å². The fourth-order valence-electron chi connectivity index (χ4n) is 0.454. The summed E-state index contributed by atoms with van der Waals surface area (Å²) >= 11 is 0. The van der Waals surface area contributed by atoms with Gasteiger partial charge in [0, 0.05) is 0 Å². The van der Waals surface area contributed by atoms with Crippen LogP contribution in [-0.2, 0) is 0 Å². The summed E-state index contributed by atoms with van der Waals surface area (Å²) in [6, 6.07) is 0. The summed E-state index contributed by atoms with van der Waals surface area (Å²) in [6.45, 7) is 1.52.